The molecule has 0 aliphatic carbocycles. The smallest absolute Gasteiger partial charge is 0.0496 e. The summed E-state index contributed by atoms with van der Waals surface area (Å²) in [4.78, 5) is 0. The van der Waals surface area contributed by atoms with Crippen molar-refractivity contribution in [3.8, 4) is 0 Å². The van der Waals surface area contributed by atoms with Crippen molar-refractivity contribution in [2.24, 2.45) is 0 Å². The highest BCUT2D eigenvalue weighted by molar-refractivity contribution is 7.98. The fourth-order valence-corrected chi connectivity index (χ4v) is 0.253. The van der Waals surface area contributed by atoms with Gasteiger partial charge in [-0.15, -0.1) is 0 Å². The van der Waals surface area contributed by atoms with Gasteiger partial charge in [-0.05, 0) is 24.1 Å². The zero-order valence-electron chi connectivity index (χ0n) is 6.32. The SMILES string of the molecule is CCSC.c1ccnnc1. The van der Waals surface area contributed by atoms with Gasteiger partial charge in [0.2, 0.25) is 0 Å². The van der Waals surface area contributed by atoms with Crippen LogP contribution in [0.25, 0.3) is 0 Å². The maximum atomic E-state index is 3.53. The van der Waals surface area contributed by atoms with Gasteiger partial charge in [0.1, 0.15) is 0 Å². The van der Waals surface area contributed by atoms with Crippen LogP contribution in [-0.4, -0.2) is 22.2 Å². The molecule has 0 aliphatic rings. The molecule has 0 aliphatic heterocycles. The molecule has 0 atom stereocenters. The minimum atomic E-state index is 1.24. The van der Waals surface area contributed by atoms with E-state index in [0.717, 1.165) is 0 Å². The van der Waals surface area contributed by atoms with Crippen LogP contribution in [0.3, 0.4) is 0 Å². The third kappa shape index (κ3) is 7.43. The van der Waals surface area contributed by atoms with Crippen molar-refractivity contribution < 1.29 is 0 Å². The predicted octanol–water partition coefficient (Wildman–Crippen LogP) is 1.85. The number of nitrogens with zero attached hydrogens (tertiary/aromatic N) is 2. The third-order valence-corrected chi connectivity index (χ3v) is 1.35. The Morgan fingerprint density at radius 3 is 1.70 bits per heavy atom. The van der Waals surface area contributed by atoms with E-state index in [9.17, 15) is 0 Å². The van der Waals surface area contributed by atoms with E-state index >= 15 is 0 Å². The lowest BCUT2D eigenvalue weighted by atomic mass is 10.6. The Labute approximate surface area is 66.1 Å². The highest BCUT2D eigenvalue weighted by atomic mass is 32.2. The van der Waals surface area contributed by atoms with Gasteiger partial charge in [-0.2, -0.15) is 22.0 Å². The van der Waals surface area contributed by atoms with Crippen LogP contribution < -0.4 is 0 Å². The van der Waals surface area contributed by atoms with Crippen LogP contribution in [0, 0.1) is 0 Å². The van der Waals surface area contributed by atoms with Gasteiger partial charge in [0.15, 0.2) is 0 Å². The Morgan fingerprint density at radius 1 is 1.20 bits per heavy atom. The number of aromatic nitrogens is 2. The van der Waals surface area contributed by atoms with Crippen LogP contribution in [0.5, 0.6) is 0 Å². The number of rotatable bonds is 1. The molecule has 2 nitrogen and oxygen atoms in total. The average molecular weight is 156 g/mol. The monoisotopic (exact) mass is 156 g/mol. The lowest BCUT2D eigenvalue weighted by molar-refractivity contribution is 1.03. The largest absolute Gasteiger partial charge is 0.166 e. The normalized spacial score (nSPS) is 7.80. The van der Waals surface area contributed by atoms with Crippen molar-refractivity contribution in [1.82, 2.24) is 10.2 Å². The number of thioether (sulfide) groups is 1. The van der Waals surface area contributed by atoms with Gasteiger partial charge in [0.25, 0.3) is 0 Å². The van der Waals surface area contributed by atoms with Crippen LogP contribution in [0.2, 0.25) is 0 Å². The van der Waals surface area contributed by atoms with E-state index in [1.54, 1.807) is 12.4 Å². The minimum absolute atomic E-state index is 1.24. The second-order valence-corrected chi connectivity index (χ2v) is 2.65. The predicted molar refractivity (Wildman–Crippen MR) is 46.1 cm³/mol. The first kappa shape index (κ1) is 9.43. The fourth-order valence-electron chi connectivity index (χ4n) is 0.253. The summed E-state index contributed by atoms with van der Waals surface area (Å²) < 4.78 is 0. The first-order valence-corrected chi connectivity index (χ1v) is 4.51. The van der Waals surface area contributed by atoms with E-state index in [4.69, 9.17) is 0 Å². The molecule has 0 bridgehead atoms. The zero-order valence-corrected chi connectivity index (χ0v) is 7.14. The van der Waals surface area contributed by atoms with Gasteiger partial charge >= 0.3 is 0 Å². The fraction of sp³-hybridized carbons (Fsp3) is 0.429. The molecule has 0 N–H and O–H groups in total. The molecule has 1 heterocycles. The average Bonchev–Trinajstić information content (AvgIpc) is 2.08. The first-order chi connectivity index (χ1) is 4.91. The van der Waals surface area contributed by atoms with E-state index in [-0.39, 0.29) is 0 Å². The van der Waals surface area contributed by atoms with Crippen molar-refractivity contribution in [3.63, 3.8) is 0 Å². The van der Waals surface area contributed by atoms with E-state index in [0.29, 0.717) is 0 Å². The maximum absolute atomic E-state index is 3.53. The molecule has 56 valence electrons. The van der Waals surface area contributed by atoms with Crippen molar-refractivity contribution >= 4 is 11.8 Å². The lowest BCUT2D eigenvalue weighted by Crippen LogP contribution is -1.69. The van der Waals surface area contributed by atoms with E-state index in [1.165, 1.54) is 5.75 Å². The molecule has 1 aromatic heterocycles. The summed E-state index contributed by atoms with van der Waals surface area (Å²) in [5, 5.41) is 7.07. The van der Waals surface area contributed by atoms with E-state index in [2.05, 4.69) is 23.4 Å². The molecular weight excluding hydrogens is 144 g/mol. The molecular formula is C7H12N2S. The summed E-state index contributed by atoms with van der Waals surface area (Å²) in [5.74, 6) is 1.24. The highest BCUT2D eigenvalue weighted by Gasteiger charge is 1.59. The van der Waals surface area contributed by atoms with Crippen molar-refractivity contribution in [2.75, 3.05) is 12.0 Å². The molecule has 3 heteroatoms. The molecule has 0 spiro atoms. The van der Waals surface area contributed by atoms with Crippen LogP contribution in [0.1, 0.15) is 6.92 Å². The molecule has 1 aromatic rings. The van der Waals surface area contributed by atoms with E-state index < -0.39 is 0 Å². The standard InChI is InChI=1S/C4H4N2.C3H8S/c1-2-4-6-5-3-1;1-3-4-2/h1-4H;3H2,1-2H3. The Kier molecular flexibility index (Phi) is 7.95. The highest BCUT2D eigenvalue weighted by Crippen LogP contribution is 1.83. The Hall–Kier alpha value is -0.570. The summed E-state index contributed by atoms with van der Waals surface area (Å²) in [6.07, 6.45) is 5.38. The molecule has 0 radical (unpaired) electrons. The van der Waals surface area contributed by atoms with Crippen molar-refractivity contribution in [3.05, 3.63) is 24.5 Å². The summed E-state index contributed by atoms with van der Waals surface area (Å²) in [5.41, 5.74) is 0. The van der Waals surface area contributed by atoms with Gasteiger partial charge in [-0.3, -0.25) is 0 Å². The molecule has 1 rings (SSSR count). The van der Waals surface area contributed by atoms with Crippen LogP contribution in [0.4, 0.5) is 0 Å². The van der Waals surface area contributed by atoms with Gasteiger partial charge in [-0.25, -0.2) is 0 Å². The van der Waals surface area contributed by atoms with Gasteiger partial charge in [0, 0.05) is 12.4 Å². The molecule has 0 unspecified atom stereocenters. The molecule has 0 amide bonds. The summed E-state index contributed by atoms with van der Waals surface area (Å²) in [6, 6.07) is 3.65. The number of hydrogen-bond donors (Lipinski definition) is 0. The molecule has 0 fully saturated rings. The van der Waals surface area contributed by atoms with Gasteiger partial charge in [-0.1, -0.05) is 6.92 Å². The Balaban J connectivity index is 0.000000180. The van der Waals surface area contributed by atoms with E-state index in [1.807, 2.05) is 23.9 Å². The quantitative estimate of drug-likeness (QED) is 0.620. The lowest BCUT2D eigenvalue weighted by Gasteiger charge is -1.69. The Morgan fingerprint density at radius 2 is 1.60 bits per heavy atom. The first-order valence-electron chi connectivity index (χ1n) is 3.12. The van der Waals surface area contributed by atoms with Crippen LogP contribution in [0.15, 0.2) is 24.5 Å². The summed E-state index contributed by atoms with van der Waals surface area (Å²) in [6.45, 7) is 2.14. The van der Waals surface area contributed by atoms with Crippen LogP contribution in [-0.2, 0) is 0 Å². The summed E-state index contributed by atoms with van der Waals surface area (Å²) >= 11 is 1.86. The molecule has 10 heavy (non-hydrogen) atoms. The zero-order chi connectivity index (χ0) is 7.66. The second kappa shape index (κ2) is 8.43. The topological polar surface area (TPSA) is 25.8 Å². The Bertz CT molecular complexity index is 104. The molecule has 0 saturated heterocycles. The molecule has 0 aromatic carbocycles. The maximum Gasteiger partial charge on any atom is 0.0496 e. The third-order valence-electron chi connectivity index (χ3n) is 0.772. The van der Waals surface area contributed by atoms with Crippen molar-refractivity contribution in [1.29, 1.82) is 0 Å². The minimum Gasteiger partial charge on any atom is -0.166 e. The second-order valence-electron chi connectivity index (χ2n) is 1.49. The van der Waals surface area contributed by atoms with Gasteiger partial charge < -0.3 is 0 Å². The van der Waals surface area contributed by atoms with Crippen LogP contribution >= 0.6 is 11.8 Å². The number of hydrogen-bond acceptors (Lipinski definition) is 3. The van der Waals surface area contributed by atoms with Crippen molar-refractivity contribution in [2.45, 2.75) is 6.92 Å². The van der Waals surface area contributed by atoms with Gasteiger partial charge in [0.05, 0.1) is 0 Å². The molecule has 0 saturated carbocycles. The summed E-state index contributed by atoms with van der Waals surface area (Å²) in [7, 11) is 0.